The van der Waals surface area contributed by atoms with Crippen molar-refractivity contribution in [2.24, 2.45) is 0 Å². The minimum absolute atomic E-state index is 0.0250. The molecular formula is C19H29N3O4. The molecule has 0 spiro atoms. The van der Waals surface area contributed by atoms with E-state index in [-0.39, 0.29) is 29.5 Å². The van der Waals surface area contributed by atoms with E-state index in [0.717, 1.165) is 39.1 Å². The van der Waals surface area contributed by atoms with Crippen molar-refractivity contribution in [1.82, 2.24) is 15.5 Å². The van der Waals surface area contributed by atoms with Crippen LogP contribution in [0.4, 0.5) is 0 Å². The first-order valence-electron chi connectivity index (χ1n) is 9.61. The van der Waals surface area contributed by atoms with Crippen LogP contribution in [0.3, 0.4) is 0 Å². The van der Waals surface area contributed by atoms with Crippen LogP contribution < -0.4 is 10.6 Å². The van der Waals surface area contributed by atoms with E-state index < -0.39 is 0 Å². The van der Waals surface area contributed by atoms with Gasteiger partial charge in [-0.15, -0.1) is 0 Å². The highest BCUT2D eigenvalue weighted by Crippen LogP contribution is 2.33. The summed E-state index contributed by atoms with van der Waals surface area (Å²) < 4.78 is 10.5. The van der Waals surface area contributed by atoms with Crippen molar-refractivity contribution >= 4 is 11.8 Å². The largest absolute Gasteiger partial charge is 0.459 e. The fourth-order valence-corrected chi connectivity index (χ4v) is 3.99. The third kappa shape index (κ3) is 4.86. The zero-order chi connectivity index (χ0) is 18.2. The van der Waals surface area contributed by atoms with Gasteiger partial charge in [-0.25, -0.2) is 0 Å². The van der Waals surface area contributed by atoms with Crippen LogP contribution in [0.15, 0.2) is 22.8 Å². The molecule has 1 aliphatic heterocycles. The highest BCUT2D eigenvalue weighted by molar-refractivity contribution is 5.91. The van der Waals surface area contributed by atoms with E-state index in [9.17, 15) is 9.59 Å². The molecule has 7 heteroatoms. The number of rotatable bonds is 7. The summed E-state index contributed by atoms with van der Waals surface area (Å²) >= 11 is 0. The van der Waals surface area contributed by atoms with Crippen molar-refractivity contribution in [1.29, 1.82) is 0 Å². The highest BCUT2D eigenvalue weighted by Gasteiger charge is 2.38. The van der Waals surface area contributed by atoms with E-state index in [1.165, 1.54) is 25.5 Å². The third-order valence-electron chi connectivity index (χ3n) is 5.46. The maximum Gasteiger partial charge on any atom is 0.286 e. The van der Waals surface area contributed by atoms with E-state index in [2.05, 4.69) is 15.5 Å². The summed E-state index contributed by atoms with van der Waals surface area (Å²) in [5.41, 5.74) is 0.0646. The lowest BCUT2D eigenvalue weighted by atomic mass is 9.79. The maximum atomic E-state index is 12.2. The standard InChI is InChI=1S/C19H29N3O4/c23-17(6-9-20-18(24)16-5-4-12-26-16)21-15-19(7-2-1-3-8-19)22-10-13-25-14-11-22/h4-5,12H,1-3,6-11,13-15H2,(H,20,24)(H,21,23). The number of ether oxygens (including phenoxy) is 1. The van der Waals surface area contributed by atoms with Crippen molar-refractivity contribution in [2.75, 3.05) is 39.4 Å². The first-order chi connectivity index (χ1) is 12.7. The molecule has 0 aromatic carbocycles. The molecule has 1 saturated carbocycles. The maximum absolute atomic E-state index is 12.2. The monoisotopic (exact) mass is 363 g/mol. The zero-order valence-electron chi connectivity index (χ0n) is 15.3. The number of hydrogen-bond donors (Lipinski definition) is 2. The van der Waals surface area contributed by atoms with Crippen LogP contribution in [-0.4, -0.2) is 61.6 Å². The molecule has 0 unspecified atom stereocenters. The molecule has 0 atom stereocenters. The average Bonchev–Trinajstić information content (AvgIpc) is 3.23. The molecule has 1 aromatic heterocycles. The Morgan fingerprint density at radius 2 is 1.88 bits per heavy atom. The second kappa shape index (κ2) is 9.19. The smallest absolute Gasteiger partial charge is 0.286 e. The molecule has 0 bridgehead atoms. The normalized spacial score (nSPS) is 20.5. The van der Waals surface area contributed by atoms with E-state index in [1.807, 2.05) is 0 Å². The summed E-state index contributed by atoms with van der Waals surface area (Å²) in [6.07, 6.45) is 7.69. The van der Waals surface area contributed by atoms with Crippen molar-refractivity contribution < 1.29 is 18.7 Å². The fraction of sp³-hybridized carbons (Fsp3) is 0.684. The van der Waals surface area contributed by atoms with Crippen LogP contribution in [0.2, 0.25) is 0 Å². The summed E-state index contributed by atoms with van der Waals surface area (Å²) in [7, 11) is 0. The molecule has 2 heterocycles. The molecular weight excluding hydrogens is 334 g/mol. The zero-order valence-corrected chi connectivity index (χ0v) is 15.3. The van der Waals surface area contributed by atoms with E-state index >= 15 is 0 Å². The number of nitrogens with one attached hydrogen (secondary N) is 2. The number of amides is 2. The minimum atomic E-state index is -0.292. The molecule has 1 aliphatic carbocycles. The van der Waals surface area contributed by atoms with Crippen LogP contribution in [0.25, 0.3) is 0 Å². The first kappa shape index (κ1) is 18.9. The summed E-state index contributed by atoms with van der Waals surface area (Å²) in [6, 6.07) is 3.27. The summed E-state index contributed by atoms with van der Waals surface area (Å²) in [5, 5.41) is 5.81. The molecule has 2 N–H and O–H groups in total. The molecule has 0 radical (unpaired) electrons. The Morgan fingerprint density at radius 1 is 1.12 bits per heavy atom. The first-order valence-corrected chi connectivity index (χ1v) is 9.61. The summed E-state index contributed by atoms with van der Waals surface area (Å²) in [6.45, 7) is 4.40. The molecule has 1 saturated heterocycles. The van der Waals surface area contributed by atoms with Gasteiger partial charge in [0.2, 0.25) is 5.91 Å². The Balaban J connectivity index is 1.44. The van der Waals surface area contributed by atoms with Gasteiger partial charge in [-0.2, -0.15) is 0 Å². The second-order valence-electron chi connectivity index (χ2n) is 7.14. The Morgan fingerprint density at radius 3 is 2.58 bits per heavy atom. The number of carbonyl (C=O) groups excluding carboxylic acids is 2. The summed E-state index contributed by atoms with van der Waals surface area (Å²) in [4.78, 5) is 26.6. The lowest BCUT2D eigenvalue weighted by molar-refractivity contribution is -0.122. The number of hydrogen-bond acceptors (Lipinski definition) is 5. The lowest BCUT2D eigenvalue weighted by Gasteiger charge is -2.48. The third-order valence-corrected chi connectivity index (χ3v) is 5.46. The SMILES string of the molecule is O=C(CCNC(=O)c1ccco1)NCC1(N2CCOCC2)CCCCC1. The van der Waals surface area contributed by atoms with Gasteiger partial charge in [-0.3, -0.25) is 14.5 Å². The van der Waals surface area contributed by atoms with Gasteiger partial charge >= 0.3 is 0 Å². The predicted molar refractivity (Wildman–Crippen MR) is 96.9 cm³/mol. The number of carbonyl (C=O) groups is 2. The van der Waals surface area contributed by atoms with Gasteiger partial charge in [0.15, 0.2) is 5.76 Å². The van der Waals surface area contributed by atoms with E-state index in [0.29, 0.717) is 13.1 Å². The van der Waals surface area contributed by atoms with Crippen LogP contribution in [0.5, 0.6) is 0 Å². The predicted octanol–water partition coefficient (Wildman–Crippen LogP) is 1.55. The van der Waals surface area contributed by atoms with Gasteiger partial charge < -0.3 is 19.8 Å². The Kier molecular flexibility index (Phi) is 6.68. The topological polar surface area (TPSA) is 83.8 Å². The molecule has 2 fully saturated rings. The average molecular weight is 363 g/mol. The van der Waals surface area contributed by atoms with Crippen LogP contribution in [-0.2, 0) is 9.53 Å². The Bertz CT molecular complexity index is 576. The van der Waals surface area contributed by atoms with Crippen molar-refractivity contribution in [2.45, 2.75) is 44.1 Å². The van der Waals surface area contributed by atoms with Gasteiger partial charge in [0, 0.05) is 38.1 Å². The molecule has 7 nitrogen and oxygen atoms in total. The molecule has 2 aliphatic rings. The van der Waals surface area contributed by atoms with Gasteiger partial charge in [-0.05, 0) is 25.0 Å². The van der Waals surface area contributed by atoms with Crippen LogP contribution >= 0.6 is 0 Å². The molecule has 1 aromatic rings. The van der Waals surface area contributed by atoms with Crippen molar-refractivity contribution in [3.8, 4) is 0 Å². The molecule has 144 valence electrons. The number of furan rings is 1. The van der Waals surface area contributed by atoms with Crippen LogP contribution in [0, 0.1) is 0 Å². The minimum Gasteiger partial charge on any atom is -0.459 e. The fourth-order valence-electron chi connectivity index (χ4n) is 3.99. The number of morpholine rings is 1. The Hall–Kier alpha value is -1.86. The van der Waals surface area contributed by atoms with E-state index in [4.69, 9.17) is 9.15 Å². The van der Waals surface area contributed by atoms with Gasteiger partial charge in [0.05, 0.1) is 19.5 Å². The van der Waals surface area contributed by atoms with Gasteiger partial charge in [-0.1, -0.05) is 19.3 Å². The molecule has 2 amide bonds. The van der Waals surface area contributed by atoms with Gasteiger partial charge in [0.1, 0.15) is 0 Å². The quantitative estimate of drug-likeness (QED) is 0.768. The van der Waals surface area contributed by atoms with Crippen LogP contribution in [0.1, 0.15) is 49.1 Å². The van der Waals surface area contributed by atoms with Gasteiger partial charge in [0.25, 0.3) is 5.91 Å². The van der Waals surface area contributed by atoms with E-state index in [1.54, 1.807) is 12.1 Å². The van der Waals surface area contributed by atoms with Crippen molar-refractivity contribution in [3.05, 3.63) is 24.2 Å². The second-order valence-corrected chi connectivity index (χ2v) is 7.14. The molecule has 26 heavy (non-hydrogen) atoms. The Labute approximate surface area is 154 Å². The summed E-state index contributed by atoms with van der Waals surface area (Å²) in [5.74, 6) is -0.0540. The van der Waals surface area contributed by atoms with Crippen molar-refractivity contribution in [3.63, 3.8) is 0 Å². The number of nitrogens with zero attached hydrogens (tertiary/aromatic N) is 1. The molecule has 3 rings (SSSR count). The highest BCUT2D eigenvalue weighted by atomic mass is 16.5. The lowest BCUT2D eigenvalue weighted by Crippen LogP contribution is -2.59.